The number of furan rings is 1. The molecule has 1 aliphatic rings. The zero-order chi connectivity index (χ0) is 13.1. The van der Waals surface area contributed by atoms with Crippen LogP contribution in [0.4, 0.5) is 5.69 Å². The van der Waals surface area contributed by atoms with Crippen LogP contribution in [-0.4, -0.2) is 12.5 Å². The van der Waals surface area contributed by atoms with Gasteiger partial charge in [0.05, 0.1) is 18.4 Å². The minimum absolute atomic E-state index is 0.0654. The molecule has 1 amide bonds. The molecule has 0 bridgehead atoms. The Labute approximate surface area is 111 Å². The number of amides is 1. The summed E-state index contributed by atoms with van der Waals surface area (Å²) in [5.41, 5.74) is 3.13. The summed E-state index contributed by atoms with van der Waals surface area (Å²) >= 11 is 0. The van der Waals surface area contributed by atoms with E-state index in [2.05, 4.69) is 10.6 Å². The second-order valence-corrected chi connectivity index (χ2v) is 4.70. The van der Waals surface area contributed by atoms with Gasteiger partial charge in [0.1, 0.15) is 0 Å². The molecule has 0 spiro atoms. The highest BCUT2D eigenvalue weighted by Crippen LogP contribution is 2.31. The second-order valence-electron chi connectivity index (χ2n) is 4.70. The number of rotatable bonds is 3. The van der Waals surface area contributed by atoms with Gasteiger partial charge in [0.25, 0.3) is 0 Å². The van der Waals surface area contributed by atoms with Crippen LogP contribution in [0.2, 0.25) is 0 Å². The first-order valence-corrected chi connectivity index (χ1v) is 6.46. The summed E-state index contributed by atoms with van der Waals surface area (Å²) in [5.74, 6) is 0.0134. The fraction of sp³-hybridized carbons (Fsp3) is 0.267. The normalized spacial score (nSPS) is 17.4. The zero-order valence-electron chi connectivity index (χ0n) is 10.6. The summed E-state index contributed by atoms with van der Waals surface area (Å²) in [6.07, 6.45) is 4.09. The van der Waals surface area contributed by atoms with Crippen molar-refractivity contribution < 1.29 is 9.21 Å². The largest absolute Gasteiger partial charge is 0.472 e. The molecule has 1 aliphatic heterocycles. The third-order valence-electron chi connectivity index (χ3n) is 3.45. The van der Waals surface area contributed by atoms with Crippen molar-refractivity contribution in [2.24, 2.45) is 0 Å². The number of nitrogens with one attached hydrogen (secondary N) is 2. The summed E-state index contributed by atoms with van der Waals surface area (Å²) in [7, 11) is 0. The molecule has 0 saturated carbocycles. The van der Waals surface area contributed by atoms with Crippen LogP contribution in [0.15, 0.2) is 47.3 Å². The molecule has 1 aromatic heterocycles. The Bertz CT molecular complexity index is 563. The van der Waals surface area contributed by atoms with Crippen LogP contribution in [0.1, 0.15) is 23.5 Å². The monoisotopic (exact) mass is 256 g/mol. The Hall–Kier alpha value is -2.23. The molecule has 0 saturated heterocycles. The number of hydrogen-bond donors (Lipinski definition) is 2. The first-order chi connectivity index (χ1) is 9.34. The molecule has 4 nitrogen and oxygen atoms in total. The fourth-order valence-electron chi connectivity index (χ4n) is 2.45. The smallest absolute Gasteiger partial charge is 0.227 e. The molecule has 3 rings (SSSR count). The first-order valence-electron chi connectivity index (χ1n) is 6.46. The highest BCUT2D eigenvalue weighted by atomic mass is 16.3. The maximum Gasteiger partial charge on any atom is 0.227 e. The number of benzene rings is 1. The predicted molar refractivity (Wildman–Crippen MR) is 72.8 cm³/mol. The number of fused-ring (bicyclic) bond motifs is 1. The molecule has 4 heteroatoms. The van der Waals surface area contributed by atoms with Gasteiger partial charge in [-0.2, -0.15) is 0 Å². The van der Waals surface area contributed by atoms with E-state index in [0.717, 1.165) is 29.8 Å². The molecule has 1 atom stereocenters. The Kier molecular flexibility index (Phi) is 3.23. The van der Waals surface area contributed by atoms with E-state index in [1.54, 1.807) is 12.5 Å². The second kappa shape index (κ2) is 5.18. The summed E-state index contributed by atoms with van der Waals surface area (Å²) < 4.78 is 4.99. The van der Waals surface area contributed by atoms with Crippen molar-refractivity contribution in [3.05, 3.63) is 54.0 Å². The Balaban J connectivity index is 1.71. The molecule has 2 heterocycles. The molecule has 2 N–H and O–H groups in total. The molecule has 0 aliphatic carbocycles. The van der Waals surface area contributed by atoms with Gasteiger partial charge >= 0.3 is 0 Å². The Morgan fingerprint density at radius 1 is 1.37 bits per heavy atom. The van der Waals surface area contributed by atoms with Crippen LogP contribution in [0.25, 0.3) is 0 Å². The summed E-state index contributed by atoms with van der Waals surface area (Å²) in [6.45, 7) is 1.35. The van der Waals surface area contributed by atoms with Crippen molar-refractivity contribution in [1.29, 1.82) is 0 Å². The van der Waals surface area contributed by atoms with Gasteiger partial charge in [0.2, 0.25) is 5.91 Å². The van der Waals surface area contributed by atoms with E-state index in [1.807, 2.05) is 30.3 Å². The first kappa shape index (κ1) is 11.8. The van der Waals surface area contributed by atoms with Crippen LogP contribution in [0.3, 0.4) is 0 Å². The highest BCUT2D eigenvalue weighted by molar-refractivity contribution is 5.86. The van der Waals surface area contributed by atoms with Crippen LogP contribution in [-0.2, 0) is 11.3 Å². The van der Waals surface area contributed by atoms with E-state index < -0.39 is 0 Å². The van der Waals surface area contributed by atoms with Crippen molar-refractivity contribution in [1.82, 2.24) is 5.32 Å². The lowest BCUT2D eigenvalue weighted by atomic mass is 9.90. The maximum atomic E-state index is 12.3. The van der Waals surface area contributed by atoms with Crippen molar-refractivity contribution in [2.75, 3.05) is 11.9 Å². The lowest BCUT2D eigenvalue weighted by molar-refractivity contribution is -0.122. The van der Waals surface area contributed by atoms with E-state index in [9.17, 15) is 4.79 Å². The fourth-order valence-corrected chi connectivity index (χ4v) is 2.45. The van der Waals surface area contributed by atoms with Gasteiger partial charge in [-0.15, -0.1) is 0 Å². The van der Waals surface area contributed by atoms with Crippen molar-refractivity contribution >= 4 is 11.6 Å². The molecule has 0 radical (unpaired) electrons. The Morgan fingerprint density at radius 3 is 3.11 bits per heavy atom. The van der Waals surface area contributed by atoms with E-state index >= 15 is 0 Å². The van der Waals surface area contributed by atoms with Gasteiger partial charge in [0.15, 0.2) is 0 Å². The molecule has 19 heavy (non-hydrogen) atoms. The number of hydrogen-bond acceptors (Lipinski definition) is 3. The number of carbonyl (C=O) groups is 1. The quantitative estimate of drug-likeness (QED) is 0.887. The molecule has 0 fully saturated rings. The van der Waals surface area contributed by atoms with Crippen LogP contribution < -0.4 is 10.6 Å². The van der Waals surface area contributed by atoms with Gasteiger partial charge < -0.3 is 15.1 Å². The van der Waals surface area contributed by atoms with E-state index in [1.165, 1.54) is 0 Å². The third kappa shape index (κ3) is 2.47. The summed E-state index contributed by atoms with van der Waals surface area (Å²) in [4.78, 5) is 12.3. The molecule has 1 aromatic carbocycles. The van der Waals surface area contributed by atoms with Gasteiger partial charge in [-0.05, 0) is 24.1 Å². The van der Waals surface area contributed by atoms with Crippen LogP contribution in [0, 0.1) is 0 Å². The standard InChI is InChI=1S/C15H16N2O2/c18-15(17-9-11-6-8-19-10-11)13-5-7-16-14-4-2-1-3-12(13)14/h1-4,6,8,10,13,16H,5,7,9H2,(H,17,18). The minimum Gasteiger partial charge on any atom is -0.472 e. The predicted octanol–water partition coefficient (Wildman–Crippen LogP) is 2.50. The van der Waals surface area contributed by atoms with Crippen LogP contribution >= 0.6 is 0 Å². The lowest BCUT2D eigenvalue weighted by Crippen LogP contribution is -2.32. The molecular formula is C15H16N2O2. The van der Waals surface area contributed by atoms with E-state index in [4.69, 9.17) is 4.42 Å². The van der Waals surface area contributed by atoms with Crippen molar-refractivity contribution in [3.8, 4) is 0 Å². The zero-order valence-corrected chi connectivity index (χ0v) is 10.6. The molecule has 98 valence electrons. The van der Waals surface area contributed by atoms with Gasteiger partial charge in [-0.3, -0.25) is 4.79 Å². The van der Waals surface area contributed by atoms with Crippen molar-refractivity contribution in [3.63, 3.8) is 0 Å². The SMILES string of the molecule is O=C(NCc1ccoc1)C1CCNc2ccccc21. The van der Waals surface area contributed by atoms with Gasteiger partial charge in [-0.1, -0.05) is 18.2 Å². The number of carbonyl (C=O) groups excluding carboxylic acids is 1. The van der Waals surface area contributed by atoms with Gasteiger partial charge in [0, 0.05) is 24.3 Å². The Morgan fingerprint density at radius 2 is 2.26 bits per heavy atom. The topological polar surface area (TPSA) is 54.3 Å². The lowest BCUT2D eigenvalue weighted by Gasteiger charge is -2.25. The summed E-state index contributed by atoms with van der Waals surface area (Å²) in [5, 5.41) is 6.29. The average molecular weight is 256 g/mol. The van der Waals surface area contributed by atoms with E-state index in [0.29, 0.717) is 6.54 Å². The summed E-state index contributed by atoms with van der Waals surface area (Å²) in [6, 6.07) is 9.85. The molecule has 1 unspecified atom stereocenters. The average Bonchev–Trinajstić information content (AvgIpc) is 2.97. The molecular weight excluding hydrogens is 240 g/mol. The number of anilines is 1. The maximum absolute atomic E-state index is 12.3. The third-order valence-corrected chi connectivity index (χ3v) is 3.45. The van der Waals surface area contributed by atoms with Crippen LogP contribution in [0.5, 0.6) is 0 Å². The number of para-hydroxylation sites is 1. The highest BCUT2D eigenvalue weighted by Gasteiger charge is 2.25. The van der Waals surface area contributed by atoms with E-state index in [-0.39, 0.29) is 11.8 Å². The molecule has 2 aromatic rings. The van der Waals surface area contributed by atoms with Gasteiger partial charge in [-0.25, -0.2) is 0 Å². The minimum atomic E-state index is -0.0654. The van der Waals surface area contributed by atoms with Crippen molar-refractivity contribution in [2.45, 2.75) is 18.9 Å².